The maximum Gasteiger partial charge on any atom is 0.223 e. The number of nitrogens with one attached hydrogen (secondary N) is 1. The van der Waals surface area contributed by atoms with Crippen LogP contribution in [-0.4, -0.2) is 57.5 Å². The number of thioether (sulfide) groups is 1. The average Bonchev–Trinajstić information content (AvgIpc) is 3.17. The molecular formula is C20H27N3OS. The second-order valence-corrected chi connectivity index (χ2v) is 9.37. The van der Waals surface area contributed by atoms with Crippen LogP contribution in [0.2, 0.25) is 0 Å². The molecule has 0 saturated carbocycles. The molecule has 2 aromatic rings. The predicted octanol–water partition coefficient (Wildman–Crippen LogP) is 3.49. The average molecular weight is 358 g/mol. The van der Waals surface area contributed by atoms with Crippen molar-refractivity contribution < 1.29 is 4.79 Å². The van der Waals surface area contributed by atoms with Crippen LogP contribution < -0.4 is 0 Å². The molecule has 0 unspecified atom stereocenters. The molecule has 0 radical (unpaired) electrons. The molecule has 1 amide bonds. The largest absolute Gasteiger partial charge is 0.361 e. The van der Waals surface area contributed by atoms with Crippen molar-refractivity contribution in [3.8, 4) is 0 Å². The number of aromatic nitrogens is 1. The molecule has 3 heterocycles. The van der Waals surface area contributed by atoms with E-state index in [4.69, 9.17) is 0 Å². The summed E-state index contributed by atoms with van der Waals surface area (Å²) in [5.41, 5.74) is 2.40. The molecule has 1 atom stereocenters. The Kier molecular flexibility index (Phi) is 4.54. The van der Waals surface area contributed by atoms with Crippen LogP contribution >= 0.6 is 11.8 Å². The van der Waals surface area contributed by atoms with Crippen molar-refractivity contribution >= 4 is 28.6 Å². The lowest BCUT2D eigenvalue weighted by Crippen LogP contribution is -2.44. The Balaban J connectivity index is 1.39. The Hall–Kier alpha value is -1.46. The second-order valence-electron chi connectivity index (χ2n) is 7.58. The zero-order chi connectivity index (χ0) is 17.4. The number of carbonyl (C=O) groups excluding carboxylic acids is 1. The summed E-state index contributed by atoms with van der Waals surface area (Å²) in [6, 6.07) is 8.32. The van der Waals surface area contributed by atoms with Gasteiger partial charge in [0.15, 0.2) is 0 Å². The maximum absolute atomic E-state index is 12.9. The zero-order valence-electron chi connectivity index (χ0n) is 15.1. The van der Waals surface area contributed by atoms with Crippen LogP contribution in [0.15, 0.2) is 30.5 Å². The first-order chi connectivity index (χ1) is 12.1. The van der Waals surface area contributed by atoms with E-state index in [2.05, 4.69) is 53.2 Å². The number of piperidine rings is 1. The van der Waals surface area contributed by atoms with Crippen LogP contribution in [0.1, 0.15) is 31.7 Å². The summed E-state index contributed by atoms with van der Waals surface area (Å²) in [6.07, 6.45) is 5.86. The number of benzene rings is 1. The van der Waals surface area contributed by atoms with E-state index in [9.17, 15) is 4.79 Å². The van der Waals surface area contributed by atoms with Gasteiger partial charge in [-0.15, -0.1) is 11.8 Å². The zero-order valence-corrected chi connectivity index (χ0v) is 15.9. The number of likely N-dealkylation sites (tertiary alicyclic amines) is 1. The highest BCUT2D eigenvalue weighted by atomic mass is 32.2. The molecule has 2 saturated heterocycles. The third kappa shape index (κ3) is 3.32. The van der Waals surface area contributed by atoms with E-state index in [0.29, 0.717) is 22.4 Å². The number of aromatic amines is 1. The summed E-state index contributed by atoms with van der Waals surface area (Å²) in [5.74, 6) is 0.307. The van der Waals surface area contributed by atoms with Gasteiger partial charge in [-0.1, -0.05) is 18.2 Å². The number of nitrogens with zero attached hydrogens (tertiary/aromatic N) is 2. The van der Waals surface area contributed by atoms with Crippen LogP contribution in [0.3, 0.4) is 0 Å². The SMILES string of the molecule is C[C@@H]1SC2(CCN(C)CC2)CN1C(=O)CCc1c[nH]c2ccccc12. The van der Waals surface area contributed by atoms with Crippen molar-refractivity contribution in [2.75, 3.05) is 26.7 Å². The monoisotopic (exact) mass is 357 g/mol. The minimum Gasteiger partial charge on any atom is -0.361 e. The summed E-state index contributed by atoms with van der Waals surface area (Å²) in [4.78, 5) is 20.7. The van der Waals surface area contributed by atoms with Gasteiger partial charge in [-0.25, -0.2) is 0 Å². The normalized spacial score (nSPS) is 23.6. The van der Waals surface area contributed by atoms with Gasteiger partial charge in [-0.05, 0) is 58.0 Å². The van der Waals surface area contributed by atoms with Gasteiger partial charge in [0.1, 0.15) is 0 Å². The van der Waals surface area contributed by atoms with Crippen molar-refractivity contribution in [2.24, 2.45) is 0 Å². The molecule has 2 aliphatic heterocycles. The molecule has 134 valence electrons. The lowest BCUT2D eigenvalue weighted by molar-refractivity contribution is -0.131. The van der Waals surface area contributed by atoms with Gasteiger partial charge >= 0.3 is 0 Å². The summed E-state index contributed by atoms with van der Waals surface area (Å²) in [6.45, 7) is 5.43. The number of hydrogen-bond donors (Lipinski definition) is 1. The van der Waals surface area contributed by atoms with E-state index in [1.54, 1.807) is 0 Å². The summed E-state index contributed by atoms with van der Waals surface area (Å²) < 4.78 is 0.294. The molecule has 0 aliphatic carbocycles. The van der Waals surface area contributed by atoms with Gasteiger partial charge in [-0.3, -0.25) is 4.79 Å². The number of para-hydroxylation sites is 1. The number of H-pyrrole nitrogens is 1. The molecule has 4 rings (SSSR count). The first-order valence-electron chi connectivity index (χ1n) is 9.27. The van der Waals surface area contributed by atoms with Crippen molar-refractivity contribution in [1.29, 1.82) is 0 Å². The van der Waals surface area contributed by atoms with Crippen LogP contribution in [0.5, 0.6) is 0 Å². The highest BCUT2D eigenvalue weighted by Crippen LogP contribution is 2.46. The lowest BCUT2D eigenvalue weighted by atomic mass is 9.95. The molecule has 1 aromatic carbocycles. The van der Waals surface area contributed by atoms with E-state index in [1.807, 2.05) is 17.8 Å². The molecule has 2 aliphatic rings. The summed E-state index contributed by atoms with van der Waals surface area (Å²) >= 11 is 2.03. The molecule has 1 N–H and O–H groups in total. The summed E-state index contributed by atoms with van der Waals surface area (Å²) in [5, 5.41) is 1.55. The predicted molar refractivity (Wildman–Crippen MR) is 105 cm³/mol. The number of carbonyl (C=O) groups is 1. The number of fused-ring (bicyclic) bond motifs is 1. The number of amides is 1. The Bertz CT molecular complexity index is 763. The summed E-state index contributed by atoms with van der Waals surface area (Å²) in [7, 11) is 2.19. The topological polar surface area (TPSA) is 39.3 Å². The standard InChI is InChI=1S/C20H27N3OS/c1-15-23(14-20(25-15)9-11-22(2)12-10-20)19(24)8-7-16-13-21-18-6-4-3-5-17(16)18/h3-6,13,15,21H,7-12,14H2,1-2H3/t15-/m0/s1. The molecule has 4 nitrogen and oxygen atoms in total. The third-order valence-electron chi connectivity index (χ3n) is 5.82. The van der Waals surface area contributed by atoms with Gasteiger partial charge in [-0.2, -0.15) is 0 Å². The van der Waals surface area contributed by atoms with Crippen molar-refractivity contribution in [2.45, 2.75) is 42.7 Å². The van der Waals surface area contributed by atoms with E-state index >= 15 is 0 Å². The van der Waals surface area contributed by atoms with Gasteiger partial charge in [0.25, 0.3) is 0 Å². The van der Waals surface area contributed by atoms with Gasteiger partial charge in [0, 0.05) is 34.8 Å². The van der Waals surface area contributed by atoms with Gasteiger partial charge in [0.05, 0.1) is 5.37 Å². The Morgan fingerprint density at radius 3 is 2.88 bits per heavy atom. The van der Waals surface area contributed by atoms with E-state index in [0.717, 1.165) is 31.6 Å². The molecule has 1 aromatic heterocycles. The first kappa shape index (κ1) is 17.0. The Morgan fingerprint density at radius 1 is 1.32 bits per heavy atom. The smallest absolute Gasteiger partial charge is 0.223 e. The van der Waals surface area contributed by atoms with E-state index < -0.39 is 0 Å². The first-order valence-corrected chi connectivity index (χ1v) is 10.2. The molecular weight excluding hydrogens is 330 g/mol. The fourth-order valence-corrected chi connectivity index (χ4v) is 5.89. The molecule has 2 fully saturated rings. The molecule has 25 heavy (non-hydrogen) atoms. The van der Waals surface area contributed by atoms with Crippen molar-refractivity contribution in [3.63, 3.8) is 0 Å². The van der Waals surface area contributed by atoms with Crippen LogP contribution in [0, 0.1) is 0 Å². The fourth-order valence-electron chi connectivity index (χ4n) is 4.22. The minimum atomic E-state index is 0.294. The minimum absolute atomic E-state index is 0.294. The Morgan fingerprint density at radius 2 is 2.08 bits per heavy atom. The second kappa shape index (κ2) is 6.69. The van der Waals surface area contributed by atoms with Crippen LogP contribution in [0.4, 0.5) is 0 Å². The number of rotatable bonds is 3. The molecule has 5 heteroatoms. The van der Waals surface area contributed by atoms with Crippen molar-refractivity contribution in [3.05, 3.63) is 36.0 Å². The third-order valence-corrected chi connectivity index (χ3v) is 7.45. The van der Waals surface area contributed by atoms with E-state index in [-0.39, 0.29) is 0 Å². The highest BCUT2D eigenvalue weighted by molar-refractivity contribution is 8.01. The fraction of sp³-hybridized carbons (Fsp3) is 0.550. The Labute approximate surface area is 153 Å². The number of hydrogen-bond acceptors (Lipinski definition) is 3. The van der Waals surface area contributed by atoms with Crippen LogP contribution in [0.25, 0.3) is 10.9 Å². The quantitative estimate of drug-likeness (QED) is 0.914. The number of aryl methyl sites for hydroxylation is 1. The van der Waals surface area contributed by atoms with Gasteiger partial charge < -0.3 is 14.8 Å². The van der Waals surface area contributed by atoms with E-state index in [1.165, 1.54) is 23.8 Å². The molecule has 1 spiro atoms. The highest BCUT2D eigenvalue weighted by Gasteiger charge is 2.45. The maximum atomic E-state index is 12.9. The van der Waals surface area contributed by atoms with Crippen molar-refractivity contribution in [1.82, 2.24) is 14.8 Å². The lowest BCUT2D eigenvalue weighted by Gasteiger charge is -2.36. The van der Waals surface area contributed by atoms with Gasteiger partial charge in [0.2, 0.25) is 5.91 Å². The molecule has 0 bridgehead atoms. The van der Waals surface area contributed by atoms with Crippen LogP contribution in [-0.2, 0) is 11.2 Å².